The summed E-state index contributed by atoms with van der Waals surface area (Å²) in [6, 6.07) is 1.35. The Hall–Kier alpha value is -0.0800. The van der Waals surface area contributed by atoms with Crippen molar-refractivity contribution >= 4 is 0 Å². The summed E-state index contributed by atoms with van der Waals surface area (Å²) in [6.45, 7) is 17.1. The van der Waals surface area contributed by atoms with E-state index in [2.05, 4.69) is 51.8 Å². The zero-order chi connectivity index (χ0) is 11.8. The van der Waals surface area contributed by atoms with Crippen molar-refractivity contribution in [3.63, 3.8) is 0 Å². The second-order valence-electron chi connectivity index (χ2n) is 5.16. The van der Waals surface area contributed by atoms with Crippen LogP contribution in [-0.4, -0.2) is 36.6 Å². The zero-order valence-corrected chi connectivity index (χ0v) is 11.5. The minimum Gasteiger partial charge on any atom is -0.316 e. The van der Waals surface area contributed by atoms with Crippen LogP contribution in [0.3, 0.4) is 0 Å². The Balaban J connectivity index is 3.66. The van der Waals surface area contributed by atoms with Crippen molar-refractivity contribution in [3.05, 3.63) is 0 Å². The SMILES string of the molecule is CCN(C(C)C)C(C)CCNCC(C)C. The van der Waals surface area contributed by atoms with Gasteiger partial charge in [-0.05, 0) is 52.7 Å². The normalized spacial score (nSPS) is 14.2. The largest absolute Gasteiger partial charge is 0.316 e. The van der Waals surface area contributed by atoms with Crippen LogP contribution in [-0.2, 0) is 0 Å². The lowest BCUT2D eigenvalue weighted by atomic mass is 10.1. The molecular formula is C13H30N2. The summed E-state index contributed by atoms with van der Waals surface area (Å²) in [6.07, 6.45) is 1.25. The molecule has 92 valence electrons. The molecule has 0 aliphatic heterocycles. The van der Waals surface area contributed by atoms with Crippen molar-refractivity contribution in [2.45, 2.75) is 60.0 Å². The van der Waals surface area contributed by atoms with Crippen LogP contribution < -0.4 is 5.32 Å². The van der Waals surface area contributed by atoms with Crippen LogP contribution in [0.1, 0.15) is 48.0 Å². The van der Waals surface area contributed by atoms with E-state index in [0.717, 1.165) is 25.6 Å². The first-order valence-electron chi connectivity index (χ1n) is 6.45. The van der Waals surface area contributed by atoms with E-state index >= 15 is 0 Å². The van der Waals surface area contributed by atoms with Crippen LogP contribution in [0.2, 0.25) is 0 Å². The number of hydrogen-bond acceptors (Lipinski definition) is 2. The molecule has 2 heteroatoms. The van der Waals surface area contributed by atoms with Gasteiger partial charge in [0.2, 0.25) is 0 Å². The Morgan fingerprint density at radius 2 is 1.67 bits per heavy atom. The van der Waals surface area contributed by atoms with Crippen molar-refractivity contribution in [2.75, 3.05) is 19.6 Å². The maximum Gasteiger partial charge on any atom is 0.00815 e. The maximum absolute atomic E-state index is 3.51. The maximum atomic E-state index is 3.51. The molecule has 0 spiro atoms. The number of hydrogen-bond donors (Lipinski definition) is 1. The summed E-state index contributed by atoms with van der Waals surface area (Å²) >= 11 is 0. The monoisotopic (exact) mass is 214 g/mol. The highest BCUT2D eigenvalue weighted by Crippen LogP contribution is 2.07. The fraction of sp³-hybridized carbons (Fsp3) is 1.00. The van der Waals surface area contributed by atoms with Gasteiger partial charge in [0.25, 0.3) is 0 Å². The van der Waals surface area contributed by atoms with Crippen LogP contribution in [0.4, 0.5) is 0 Å². The van der Waals surface area contributed by atoms with Gasteiger partial charge in [0.15, 0.2) is 0 Å². The molecule has 1 N–H and O–H groups in total. The highest BCUT2D eigenvalue weighted by atomic mass is 15.2. The lowest BCUT2D eigenvalue weighted by Gasteiger charge is -2.31. The molecule has 15 heavy (non-hydrogen) atoms. The molecule has 0 aromatic carbocycles. The molecule has 0 aromatic heterocycles. The van der Waals surface area contributed by atoms with Gasteiger partial charge in [0.1, 0.15) is 0 Å². The van der Waals surface area contributed by atoms with E-state index in [9.17, 15) is 0 Å². The molecule has 0 saturated carbocycles. The first-order chi connectivity index (χ1) is 6.99. The van der Waals surface area contributed by atoms with Gasteiger partial charge in [-0.1, -0.05) is 20.8 Å². The molecule has 1 atom stereocenters. The molecule has 1 unspecified atom stereocenters. The predicted molar refractivity (Wildman–Crippen MR) is 69.3 cm³/mol. The van der Waals surface area contributed by atoms with Crippen molar-refractivity contribution in [1.82, 2.24) is 10.2 Å². The summed E-state index contributed by atoms with van der Waals surface area (Å²) in [4.78, 5) is 2.55. The second-order valence-corrected chi connectivity index (χ2v) is 5.16. The van der Waals surface area contributed by atoms with E-state index in [1.54, 1.807) is 0 Å². The highest BCUT2D eigenvalue weighted by Gasteiger charge is 2.14. The standard InChI is InChI=1S/C13H30N2/c1-7-15(12(4)5)13(6)8-9-14-10-11(2)3/h11-14H,7-10H2,1-6H3. The van der Waals surface area contributed by atoms with E-state index in [1.807, 2.05) is 0 Å². The molecule has 0 fully saturated rings. The Kier molecular flexibility index (Phi) is 8.07. The average molecular weight is 214 g/mol. The molecule has 0 aromatic rings. The summed E-state index contributed by atoms with van der Waals surface area (Å²) in [5.41, 5.74) is 0. The lowest BCUT2D eigenvalue weighted by molar-refractivity contribution is 0.165. The van der Waals surface area contributed by atoms with Crippen molar-refractivity contribution in [2.24, 2.45) is 5.92 Å². The van der Waals surface area contributed by atoms with Gasteiger partial charge in [0, 0.05) is 12.1 Å². The molecule has 0 saturated heterocycles. The third kappa shape index (κ3) is 6.91. The Labute approximate surface area is 96.4 Å². The van der Waals surface area contributed by atoms with Gasteiger partial charge in [-0.3, -0.25) is 4.90 Å². The first-order valence-corrected chi connectivity index (χ1v) is 6.45. The van der Waals surface area contributed by atoms with E-state index < -0.39 is 0 Å². The van der Waals surface area contributed by atoms with Crippen molar-refractivity contribution < 1.29 is 0 Å². The van der Waals surface area contributed by atoms with Crippen LogP contribution >= 0.6 is 0 Å². The van der Waals surface area contributed by atoms with Gasteiger partial charge in [-0.15, -0.1) is 0 Å². The summed E-state index contributed by atoms with van der Waals surface area (Å²) < 4.78 is 0. The van der Waals surface area contributed by atoms with Crippen LogP contribution in [0.25, 0.3) is 0 Å². The second kappa shape index (κ2) is 8.12. The number of nitrogens with one attached hydrogen (secondary N) is 1. The van der Waals surface area contributed by atoms with E-state index in [4.69, 9.17) is 0 Å². The third-order valence-corrected chi connectivity index (χ3v) is 2.89. The summed E-state index contributed by atoms with van der Waals surface area (Å²) in [5, 5.41) is 3.51. The van der Waals surface area contributed by atoms with Crippen molar-refractivity contribution in [3.8, 4) is 0 Å². The predicted octanol–water partition coefficient (Wildman–Crippen LogP) is 2.74. The fourth-order valence-corrected chi connectivity index (χ4v) is 2.05. The zero-order valence-electron chi connectivity index (χ0n) is 11.5. The van der Waals surface area contributed by atoms with Crippen LogP contribution in [0.15, 0.2) is 0 Å². The number of nitrogens with zero attached hydrogens (tertiary/aromatic N) is 1. The molecule has 0 bridgehead atoms. The third-order valence-electron chi connectivity index (χ3n) is 2.89. The topological polar surface area (TPSA) is 15.3 Å². The first kappa shape index (κ1) is 14.9. The van der Waals surface area contributed by atoms with E-state index in [-0.39, 0.29) is 0 Å². The lowest BCUT2D eigenvalue weighted by Crippen LogP contribution is -2.40. The number of rotatable bonds is 8. The Morgan fingerprint density at radius 1 is 1.07 bits per heavy atom. The van der Waals surface area contributed by atoms with Gasteiger partial charge >= 0.3 is 0 Å². The molecule has 2 nitrogen and oxygen atoms in total. The molecule has 0 amide bonds. The summed E-state index contributed by atoms with van der Waals surface area (Å²) in [5.74, 6) is 0.757. The van der Waals surface area contributed by atoms with Gasteiger partial charge in [-0.2, -0.15) is 0 Å². The minimum absolute atomic E-state index is 0.662. The average Bonchev–Trinajstić information content (AvgIpc) is 2.12. The van der Waals surface area contributed by atoms with E-state index in [0.29, 0.717) is 12.1 Å². The Bertz CT molecular complexity index is 143. The highest BCUT2D eigenvalue weighted by molar-refractivity contribution is 4.70. The molecular weight excluding hydrogens is 184 g/mol. The van der Waals surface area contributed by atoms with E-state index in [1.165, 1.54) is 6.42 Å². The van der Waals surface area contributed by atoms with Gasteiger partial charge in [0.05, 0.1) is 0 Å². The Morgan fingerprint density at radius 3 is 2.07 bits per heavy atom. The molecule has 0 rings (SSSR count). The molecule has 0 radical (unpaired) electrons. The van der Waals surface area contributed by atoms with Gasteiger partial charge in [-0.25, -0.2) is 0 Å². The van der Waals surface area contributed by atoms with Crippen molar-refractivity contribution in [1.29, 1.82) is 0 Å². The smallest absolute Gasteiger partial charge is 0.00815 e. The molecule has 0 heterocycles. The summed E-state index contributed by atoms with van der Waals surface area (Å²) in [7, 11) is 0. The minimum atomic E-state index is 0.662. The van der Waals surface area contributed by atoms with Gasteiger partial charge < -0.3 is 5.32 Å². The van der Waals surface area contributed by atoms with Crippen LogP contribution in [0, 0.1) is 5.92 Å². The molecule has 0 aliphatic rings. The quantitative estimate of drug-likeness (QED) is 0.625. The fourth-order valence-electron chi connectivity index (χ4n) is 2.05. The van der Waals surface area contributed by atoms with Crippen LogP contribution in [0.5, 0.6) is 0 Å². The molecule has 0 aliphatic carbocycles.